The van der Waals surface area contributed by atoms with E-state index < -0.39 is 144 Å². The van der Waals surface area contributed by atoms with Crippen LogP contribution in [-0.4, -0.2) is 15.8 Å². The average molecular weight is 1550 g/mol. The van der Waals surface area contributed by atoms with Crippen LogP contribution in [0.15, 0.2) is 388 Å². The van der Waals surface area contributed by atoms with Crippen LogP contribution in [0.5, 0.6) is 0 Å². The van der Waals surface area contributed by atoms with E-state index in [0.29, 0.717) is 56.0 Å². The third kappa shape index (κ3) is 12.5. The highest BCUT2D eigenvalue weighted by molar-refractivity contribution is 7.00. The number of hydrogen-bond acceptors (Lipinski definition) is 2. The summed E-state index contributed by atoms with van der Waals surface area (Å²) in [6, 6.07) is 76.9. The fourth-order valence-corrected chi connectivity index (χ4v) is 17.6. The summed E-state index contributed by atoms with van der Waals surface area (Å²) in [7, 11) is 0. The largest absolute Gasteiger partial charge is 0.310 e. The Kier molecular flexibility index (Phi) is 12.9. The lowest BCUT2D eigenvalue weighted by atomic mass is 9.33. The second-order valence-corrected chi connectivity index (χ2v) is 34.1. The number of para-hydroxylation sites is 4. The summed E-state index contributed by atoms with van der Waals surface area (Å²) in [5.41, 5.74) is 13.9. The molecule has 5 heteroatoms. The Morgan fingerprint density at radius 1 is 0.244 bits per heavy atom. The molecule has 0 saturated carbocycles. The van der Waals surface area contributed by atoms with Gasteiger partial charge in [-0.1, -0.05) is 329 Å². The third-order valence-corrected chi connectivity index (χ3v) is 23.6. The van der Waals surface area contributed by atoms with Crippen LogP contribution < -0.4 is 26.2 Å². The Balaban J connectivity index is 1.03. The smallest absolute Gasteiger partial charge is 0.252 e. The van der Waals surface area contributed by atoms with Gasteiger partial charge in [0.1, 0.15) is 0 Å². The molecule has 570 valence electrons. The Labute approximate surface area is 727 Å². The molecule has 0 amide bonds. The first kappa shape index (κ1) is 54.0. The van der Waals surface area contributed by atoms with E-state index in [1.165, 1.54) is 9.13 Å². The fourth-order valence-electron chi connectivity index (χ4n) is 17.6. The highest BCUT2D eigenvalue weighted by Gasteiger charge is 2.47. The van der Waals surface area contributed by atoms with Crippen molar-refractivity contribution in [2.75, 3.05) is 9.80 Å². The number of nitrogens with zero attached hydrogens (tertiary/aromatic N) is 4. The van der Waals surface area contributed by atoms with E-state index in [4.69, 9.17) is 0 Å². The molecule has 19 aromatic rings. The molecule has 4 heterocycles. The van der Waals surface area contributed by atoms with Crippen molar-refractivity contribution >= 4 is 101 Å². The van der Waals surface area contributed by atoms with E-state index in [1.54, 1.807) is 12.1 Å². The van der Waals surface area contributed by atoms with Crippen LogP contribution >= 0.6 is 0 Å². The minimum Gasteiger partial charge on any atom is -0.310 e. The summed E-state index contributed by atoms with van der Waals surface area (Å²) in [6.07, 6.45) is 0. The molecule has 119 heavy (non-hydrogen) atoms. The zero-order valence-electron chi connectivity index (χ0n) is 87.3. The van der Waals surface area contributed by atoms with Crippen molar-refractivity contribution < 1.29 is 27.4 Å². The van der Waals surface area contributed by atoms with Crippen molar-refractivity contribution in [2.45, 2.75) is 78.6 Å². The number of aromatic nitrogens is 2. The highest BCUT2D eigenvalue weighted by atomic mass is 15.2. The Morgan fingerprint density at radius 2 is 0.496 bits per heavy atom. The number of benzene rings is 17. The number of fused-ring (bicyclic) bond motifs is 10. The zero-order valence-corrected chi connectivity index (χ0v) is 67.3. The first-order chi connectivity index (χ1) is 66.2. The van der Waals surface area contributed by atoms with Crippen molar-refractivity contribution in [3.05, 3.63) is 404 Å². The molecule has 0 bridgehead atoms. The van der Waals surface area contributed by atoms with Crippen molar-refractivity contribution in [3.63, 3.8) is 0 Å². The van der Waals surface area contributed by atoms with Gasteiger partial charge in [0.15, 0.2) is 0 Å². The summed E-state index contributed by atoms with van der Waals surface area (Å²) in [5, 5.41) is -1.13. The van der Waals surface area contributed by atoms with Crippen LogP contribution in [0, 0.1) is 0 Å². The molecule has 0 atom stereocenters. The second-order valence-electron chi connectivity index (χ2n) is 34.1. The zero-order chi connectivity index (χ0) is 98.0. The van der Waals surface area contributed by atoms with Gasteiger partial charge in [0.2, 0.25) is 0 Å². The van der Waals surface area contributed by atoms with Gasteiger partial charge < -0.3 is 18.9 Å². The molecule has 0 radical (unpaired) electrons. The molecule has 2 aromatic heterocycles. The predicted octanol–water partition coefficient (Wildman–Crippen LogP) is 29.2. The topological polar surface area (TPSA) is 16.3 Å². The van der Waals surface area contributed by atoms with E-state index in [2.05, 4.69) is 193 Å². The summed E-state index contributed by atoms with van der Waals surface area (Å²) in [6.45, 7) is 17.9. The molecule has 0 N–H and O–H groups in total. The van der Waals surface area contributed by atoms with Crippen LogP contribution in [0.2, 0.25) is 0 Å². The summed E-state index contributed by atoms with van der Waals surface area (Å²) >= 11 is 0. The Bertz CT molecular complexity index is 7730. The van der Waals surface area contributed by atoms with E-state index in [1.807, 2.05) is 133 Å². The van der Waals surface area contributed by atoms with Gasteiger partial charge in [-0.05, 0) is 237 Å². The van der Waals surface area contributed by atoms with Crippen molar-refractivity contribution in [3.8, 4) is 100 Å². The van der Waals surface area contributed by atoms with E-state index in [-0.39, 0.29) is 77.3 Å². The van der Waals surface area contributed by atoms with Gasteiger partial charge in [0.05, 0.1) is 60.9 Å². The molecule has 0 aliphatic carbocycles. The molecule has 0 unspecified atom stereocenters. The fraction of sp³-hybridized carbons (Fsp3) is 0.105. The van der Waals surface area contributed by atoms with Crippen molar-refractivity contribution in [2.24, 2.45) is 0 Å². The van der Waals surface area contributed by atoms with Crippen molar-refractivity contribution in [1.82, 2.24) is 9.13 Å². The standard InChI is InChI=1S/C114H91BN4/c1-112(2,3)86-66-95(78-44-24-14-25-45-78)110(97(68-86)84-62-80(74-36-16-10-17-37-74)60-81(63-84)75-38-18-11-19-39-75)118-105-72-89(116-101-52-32-28-48-91(101)92-49-29-33-53-102(92)116)56-58-99(105)115-100-59-57-90(117-103-54-34-30-50-93(103)94-51-31-35-55-104(94)117)73-106(100)119(108-71-88(114(7,8)9)70-107(118)109(108)115)111-96(79-46-26-15-27-47-79)67-87(113(4,5)6)69-98(111)85-64-82(76-40-20-12-21-41-76)61-83(65-85)77-42-22-13-23-43-77/h10-73H,1-9H3/i28D,29D,30D,31D,32D,33D,34D,35D,48D,49D,50D,51D,52D,53D,54D,55D,56D,57D,72D,73D. The molecular weight excluding hydrogens is 1440 g/mol. The minimum atomic E-state index is -1.34. The summed E-state index contributed by atoms with van der Waals surface area (Å²) in [4.78, 5) is 4.17. The first-order valence-electron chi connectivity index (χ1n) is 50.3. The SMILES string of the molecule is [2H]c1cc2c(c([2H])c1-n1c3c([2H])c([2H])c([2H])c([2H])c3c3c([2H])c([2H])c([2H])c([2H])c31)N(c1c(-c3ccccc3)cc(C(C)(C)C)cc1-c1cc(-c3ccccc3)cc(-c3ccccc3)c1)c1cc(C(C)(C)C)cc3c1B2c1cc([2H])c(-n2c4c([2H])c([2H])c([2H])c([2H])c4c4c([2H])c([2H])c([2H])c([2H])c42)c([2H])c1N3c1c(-c2ccccc2)cc(C(C)(C)C)cc1-c1cc(-c2ccccc2)cc(-c2ccccc2)c1. The lowest BCUT2D eigenvalue weighted by molar-refractivity contribution is 0.590. The maximum absolute atomic E-state index is 12.1. The monoisotopic (exact) mass is 1550 g/mol. The Hall–Kier alpha value is -14.0. The van der Waals surface area contributed by atoms with Gasteiger partial charge in [0, 0.05) is 77.9 Å². The molecule has 4 nitrogen and oxygen atoms in total. The van der Waals surface area contributed by atoms with E-state index in [0.717, 1.165) is 77.9 Å². The van der Waals surface area contributed by atoms with Gasteiger partial charge in [-0.3, -0.25) is 0 Å². The van der Waals surface area contributed by atoms with Crippen LogP contribution in [0.4, 0.5) is 34.1 Å². The highest BCUT2D eigenvalue weighted by Crippen LogP contribution is 2.57. The molecule has 21 rings (SSSR count). The minimum absolute atomic E-state index is 0.0592. The molecule has 0 fully saturated rings. The summed E-state index contributed by atoms with van der Waals surface area (Å²) < 4.78 is 204. The molecular formula is C114H91BN4. The normalized spacial score (nSPS) is 15.1. The Morgan fingerprint density at radius 3 is 0.782 bits per heavy atom. The molecule has 0 spiro atoms. The van der Waals surface area contributed by atoms with Crippen LogP contribution in [-0.2, 0) is 16.2 Å². The van der Waals surface area contributed by atoms with E-state index >= 15 is 0 Å². The molecule has 17 aromatic carbocycles. The first-order valence-corrected chi connectivity index (χ1v) is 40.3. The van der Waals surface area contributed by atoms with Gasteiger partial charge in [-0.25, -0.2) is 0 Å². The van der Waals surface area contributed by atoms with Gasteiger partial charge in [0.25, 0.3) is 6.71 Å². The molecule has 2 aliphatic heterocycles. The summed E-state index contributed by atoms with van der Waals surface area (Å²) in [5.74, 6) is 0. The lowest BCUT2D eigenvalue weighted by Crippen LogP contribution is -2.61. The van der Waals surface area contributed by atoms with E-state index in [9.17, 15) is 27.4 Å². The maximum atomic E-state index is 12.1. The van der Waals surface area contributed by atoms with Gasteiger partial charge in [-0.15, -0.1) is 0 Å². The van der Waals surface area contributed by atoms with Crippen LogP contribution in [0.3, 0.4) is 0 Å². The third-order valence-electron chi connectivity index (χ3n) is 23.6. The maximum Gasteiger partial charge on any atom is 0.252 e. The predicted molar refractivity (Wildman–Crippen MR) is 509 cm³/mol. The second kappa shape index (κ2) is 28.4. The number of rotatable bonds is 12. The van der Waals surface area contributed by atoms with Crippen molar-refractivity contribution in [1.29, 1.82) is 0 Å². The number of anilines is 6. The van der Waals surface area contributed by atoms with Crippen LogP contribution in [0.25, 0.3) is 144 Å². The lowest BCUT2D eigenvalue weighted by Gasteiger charge is -2.47. The molecule has 0 saturated heterocycles. The van der Waals surface area contributed by atoms with Gasteiger partial charge >= 0.3 is 0 Å². The quantitative estimate of drug-likeness (QED) is 0.113. The van der Waals surface area contributed by atoms with Crippen LogP contribution in [0.1, 0.15) is 106 Å². The average Bonchev–Trinajstić information content (AvgIpc) is 1.52. The molecule has 2 aliphatic rings. The number of hydrogen-bond donors (Lipinski definition) is 0. The van der Waals surface area contributed by atoms with Gasteiger partial charge in [-0.2, -0.15) is 0 Å².